The number of hydrogen-bond donors (Lipinski definition) is 0. The van der Waals surface area contributed by atoms with Crippen molar-refractivity contribution >= 4 is 31.9 Å². The van der Waals surface area contributed by atoms with Gasteiger partial charge in [0.2, 0.25) is 0 Å². The van der Waals surface area contributed by atoms with Crippen LogP contribution in [0.15, 0.2) is 0 Å². The standard InChI is InChI=1S/C17H26Br2F2O2/c18-16(17(19,20)21)8-6-13(7-9-16)12-2-4-14(5-3-12)15-22-10-1-11-23-15/h12-15H,1-11H2. The van der Waals surface area contributed by atoms with E-state index in [0.29, 0.717) is 30.6 Å². The molecule has 0 bridgehead atoms. The second-order valence-electron chi connectivity index (χ2n) is 7.44. The third-order valence-electron chi connectivity index (χ3n) is 6.05. The maximum atomic E-state index is 13.7. The first-order valence-electron chi connectivity index (χ1n) is 8.88. The van der Waals surface area contributed by atoms with Crippen LogP contribution in [-0.4, -0.2) is 28.7 Å². The average Bonchev–Trinajstić information content (AvgIpc) is 2.56. The third kappa shape index (κ3) is 4.29. The van der Waals surface area contributed by atoms with Gasteiger partial charge in [-0.05, 0) is 85.6 Å². The summed E-state index contributed by atoms with van der Waals surface area (Å²) < 4.78 is 37.8. The van der Waals surface area contributed by atoms with Gasteiger partial charge in [-0.1, -0.05) is 15.9 Å². The Morgan fingerprint density at radius 3 is 1.83 bits per heavy atom. The van der Waals surface area contributed by atoms with E-state index in [1.54, 1.807) is 0 Å². The Hall–Kier alpha value is 0.740. The van der Waals surface area contributed by atoms with Gasteiger partial charge in [0, 0.05) is 5.92 Å². The first-order chi connectivity index (χ1) is 10.9. The summed E-state index contributed by atoms with van der Waals surface area (Å²) >= 11 is 5.86. The van der Waals surface area contributed by atoms with Crippen molar-refractivity contribution in [1.82, 2.24) is 0 Å². The van der Waals surface area contributed by atoms with Crippen molar-refractivity contribution in [1.29, 1.82) is 0 Å². The Kier molecular flexibility index (Phi) is 6.08. The largest absolute Gasteiger partial charge is 0.352 e. The average molecular weight is 460 g/mol. The molecule has 0 aromatic carbocycles. The van der Waals surface area contributed by atoms with Crippen LogP contribution >= 0.6 is 31.9 Å². The lowest BCUT2D eigenvalue weighted by Crippen LogP contribution is -2.43. The van der Waals surface area contributed by atoms with Crippen molar-refractivity contribution < 1.29 is 18.3 Å². The van der Waals surface area contributed by atoms with Crippen molar-refractivity contribution in [2.24, 2.45) is 17.8 Å². The van der Waals surface area contributed by atoms with E-state index in [0.717, 1.165) is 45.3 Å². The second kappa shape index (κ2) is 7.55. The van der Waals surface area contributed by atoms with E-state index >= 15 is 0 Å². The minimum atomic E-state index is -2.82. The van der Waals surface area contributed by atoms with Gasteiger partial charge in [0.1, 0.15) is 0 Å². The Morgan fingerprint density at radius 2 is 1.30 bits per heavy atom. The van der Waals surface area contributed by atoms with E-state index in [2.05, 4.69) is 31.9 Å². The molecule has 0 N–H and O–H groups in total. The zero-order chi connectivity index (χ0) is 16.5. The summed E-state index contributed by atoms with van der Waals surface area (Å²) in [5, 5.41) is 0. The first kappa shape index (κ1) is 18.5. The SMILES string of the molecule is FC(F)(Br)C1(Br)CCC(C2CCC(C3OCCCO3)CC2)CC1. The first-order valence-corrected chi connectivity index (χ1v) is 10.5. The molecule has 2 aliphatic carbocycles. The lowest BCUT2D eigenvalue weighted by atomic mass is 9.69. The van der Waals surface area contributed by atoms with Gasteiger partial charge < -0.3 is 9.47 Å². The van der Waals surface area contributed by atoms with Gasteiger partial charge in [0.15, 0.2) is 6.29 Å². The molecule has 1 heterocycles. The van der Waals surface area contributed by atoms with Crippen LogP contribution in [0.2, 0.25) is 0 Å². The highest BCUT2D eigenvalue weighted by atomic mass is 79.9. The number of rotatable bonds is 3. The van der Waals surface area contributed by atoms with Crippen molar-refractivity contribution in [2.45, 2.75) is 73.2 Å². The van der Waals surface area contributed by atoms with E-state index in [4.69, 9.17) is 9.47 Å². The molecule has 1 aliphatic heterocycles. The molecule has 0 aromatic heterocycles. The van der Waals surface area contributed by atoms with Crippen LogP contribution in [0.3, 0.4) is 0 Å². The van der Waals surface area contributed by atoms with Gasteiger partial charge in [0.25, 0.3) is 0 Å². The zero-order valence-electron chi connectivity index (χ0n) is 13.4. The molecule has 0 atom stereocenters. The van der Waals surface area contributed by atoms with Crippen molar-refractivity contribution in [2.75, 3.05) is 13.2 Å². The molecule has 6 heteroatoms. The summed E-state index contributed by atoms with van der Waals surface area (Å²) in [6.45, 7) is 1.64. The van der Waals surface area contributed by atoms with E-state index in [9.17, 15) is 8.78 Å². The molecule has 1 saturated heterocycles. The molecule has 0 amide bonds. The summed E-state index contributed by atoms with van der Waals surface area (Å²) in [4.78, 5) is -2.82. The van der Waals surface area contributed by atoms with Gasteiger partial charge >= 0.3 is 4.83 Å². The number of halogens is 4. The maximum absolute atomic E-state index is 13.7. The summed E-state index contributed by atoms with van der Waals surface area (Å²) in [5.74, 6) is 1.82. The number of hydrogen-bond acceptors (Lipinski definition) is 2. The number of ether oxygens (including phenoxy) is 2. The van der Waals surface area contributed by atoms with Gasteiger partial charge in [0.05, 0.1) is 17.5 Å². The fourth-order valence-corrected chi connectivity index (χ4v) is 5.37. The Balaban J connectivity index is 1.46. The van der Waals surface area contributed by atoms with Gasteiger partial charge in [-0.25, -0.2) is 0 Å². The van der Waals surface area contributed by atoms with Gasteiger partial charge in [-0.15, -0.1) is 0 Å². The van der Waals surface area contributed by atoms with Crippen LogP contribution in [0.1, 0.15) is 57.8 Å². The molecule has 0 radical (unpaired) electrons. The Labute approximate surface area is 154 Å². The number of alkyl halides is 4. The predicted octanol–water partition coefficient (Wildman–Crippen LogP) is 5.87. The molecule has 3 rings (SSSR count). The molecule has 134 valence electrons. The Bertz CT molecular complexity index is 381. The quantitative estimate of drug-likeness (QED) is 0.491. The van der Waals surface area contributed by atoms with E-state index < -0.39 is 9.16 Å². The second-order valence-corrected chi connectivity index (χ2v) is 9.95. The summed E-state index contributed by atoms with van der Waals surface area (Å²) in [5.41, 5.74) is 0. The van der Waals surface area contributed by atoms with Gasteiger partial charge in [-0.3, -0.25) is 0 Å². The highest BCUT2D eigenvalue weighted by Crippen LogP contribution is 2.53. The molecule has 2 saturated carbocycles. The molecule has 0 unspecified atom stereocenters. The molecule has 0 spiro atoms. The fourth-order valence-electron chi connectivity index (χ4n) is 4.52. The zero-order valence-corrected chi connectivity index (χ0v) is 16.6. The van der Waals surface area contributed by atoms with Crippen LogP contribution < -0.4 is 0 Å². The highest BCUT2D eigenvalue weighted by Gasteiger charge is 2.52. The van der Waals surface area contributed by atoms with E-state index in [1.165, 1.54) is 12.8 Å². The Morgan fingerprint density at radius 1 is 0.826 bits per heavy atom. The highest BCUT2D eigenvalue weighted by molar-refractivity contribution is 9.12. The molecule has 2 nitrogen and oxygen atoms in total. The minimum Gasteiger partial charge on any atom is -0.352 e. The summed E-state index contributed by atoms with van der Waals surface area (Å²) in [7, 11) is 0. The lowest BCUT2D eigenvalue weighted by Gasteiger charge is -2.43. The summed E-state index contributed by atoms with van der Waals surface area (Å²) in [6.07, 6.45) is 8.58. The molecule has 3 aliphatic rings. The third-order valence-corrected chi connectivity index (χ3v) is 8.63. The molecule has 0 aromatic rings. The van der Waals surface area contributed by atoms with Crippen LogP contribution in [0.5, 0.6) is 0 Å². The van der Waals surface area contributed by atoms with E-state index in [1.807, 2.05) is 0 Å². The molecular formula is C17H26Br2F2O2. The van der Waals surface area contributed by atoms with E-state index in [-0.39, 0.29) is 6.29 Å². The van der Waals surface area contributed by atoms with Crippen LogP contribution in [0.25, 0.3) is 0 Å². The molecule has 3 fully saturated rings. The normalized spacial score (nSPS) is 41.0. The lowest BCUT2D eigenvalue weighted by molar-refractivity contribution is -0.211. The van der Waals surface area contributed by atoms with Crippen LogP contribution in [0, 0.1) is 17.8 Å². The fraction of sp³-hybridized carbons (Fsp3) is 1.00. The van der Waals surface area contributed by atoms with Crippen LogP contribution in [0.4, 0.5) is 8.78 Å². The molecule has 23 heavy (non-hydrogen) atoms. The van der Waals surface area contributed by atoms with Gasteiger partial charge in [-0.2, -0.15) is 8.78 Å². The molecular weight excluding hydrogens is 434 g/mol. The smallest absolute Gasteiger partial charge is 0.316 e. The van der Waals surface area contributed by atoms with Crippen molar-refractivity contribution in [3.63, 3.8) is 0 Å². The van der Waals surface area contributed by atoms with Crippen LogP contribution in [-0.2, 0) is 9.47 Å². The summed E-state index contributed by atoms with van der Waals surface area (Å²) in [6, 6.07) is 0. The monoisotopic (exact) mass is 458 g/mol. The maximum Gasteiger partial charge on any atom is 0.316 e. The van der Waals surface area contributed by atoms with Crippen molar-refractivity contribution in [3.8, 4) is 0 Å². The predicted molar refractivity (Wildman–Crippen MR) is 93.2 cm³/mol. The minimum absolute atomic E-state index is 0.00154. The van der Waals surface area contributed by atoms with Crippen molar-refractivity contribution in [3.05, 3.63) is 0 Å². The topological polar surface area (TPSA) is 18.5 Å².